The Morgan fingerprint density at radius 2 is 1.49 bits per heavy atom. The lowest BCUT2D eigenvalue weighted by Crippen LogP contribution is -2.53. The molecule has 3 aromatic carbocycles. The van der Waals surface area contributed by atoms with Crippen LogP contribution in [0.1, 0.15) is 30.0 Å². The van der Waals surface area contributed by atoms with Crippen LogP contribution in [0.15, 0.2) is 84.9 Å². The van der Waals surface area contributed by atoms with Gasteiger partial charge in [-0.05, 0) is 42.2 Å². The van der Waals surface area contributed by atoms with E-state index in [2.05, 4.69) is 5.32 Å². The van der Waals surface area contributed by atoms with Crippen molar-refractivity contribution in [1.82, 2.24) is 10.2 Å². The molecule has 0 saturated heterocycles. The number of para-hydroxylation sites is 1. The number of amides is 2. The second-order valence-electron chi connectivity index (χ2n) is 9.05. The van der Waals surface area contributed by atoms with Crippen molar-refractivity contribution in [3.8, 4) is 0 Å². The van der Waals surface area contributed by atoms with Gasteiger partial charge in [0.2, 0.25) is 21.8 Å². The van der Waals surface area contributed by atoms with E-state index in [0.29, 0.717) is 18.7 Å². The molecule has 2 amide bonds. The van der Waals surface area contributed by atoms with Crippen molar-refractivity contribution in [3.63, 3.8) is 0 Å². The van der Waals surface area contributed by atoms with Gasteiger partial charge in [0.25, 0.3) is 0 Å². The molecule has 0 aliphatic rings. The van der Waals surface area contributed by atoms with Gasteiger partial charge in [-0.25, -0.2) is 8.42 Å². The molecule has 8 heteroatoms. The normalized spacial score (nSPS) is 12.0. The summed E-state index contributed by atoms with van der Waals surface area (Å²) < 4.78 is 26.5. The van der Waals surface area contributed by atoms with Crippen LogP contribution >= 0.6 is 0 Å². The van der Waals surface area contributed by atoms with Crippen molar-refractivity contribution in [2.45, 2.75) is 39.3 Å². The third-order valence-electron chi connectivity index (χ3n) is 6.15. The highest BCUT2D eigenvalue weighted by molar-refractivity contribution is 7.92. The molecule has 0 radical (unpaired) electrons. The molecule has 0 saturated carbocycles. The number of carbonyl (C=O) groups excluding carboxylic acids is 2. The van der Waals surface area contributed by atoms with Gasteiger partial charge in [0, 0.05) is 19.5 Å². The SMILES string of the molecule is CCCNC(=O)[C@@H](Cc1ccccc1)N(Cc1ccccc1C)C(=O)CN(c1ccccc1)S(C)(=O)=O. The summed E-state index contributed by atoms with van der Waals surface area (Å²) in [5.41, 5.74) is 3.17. The van der Waals surface area contributed by atoms with Crippen molar-refractivity contribution in [3.05, 3.63) is 102 Å². The Hall–Kier alpha value is -3.65. The molecular formula is C29H35N3O4S. The molecule has 3 rings (SSSR count). The van der Waals surface area contributed by atoms with E-state index in [0.717, 1.165) is 33.7 Å². The maximum absolute atomic E-state index is 13.9. The smallest absolute Gasteiger partial charge is 0.244 e. The summed E-state index contributed by atoms with van der Waals surface area (Å²) in [6.45, 7) is 4.16. The lowest BCUT2D eigenvalue weighted by molar-refractivity contribution is -0.140. The molecule has 3 aromatic rings. The van der Waals surface area contributed by atoms with Gasteiger partial charge < -0.3 is 10.2 Å². The third kappa shape index (κ3) is 7.92. The summed E-state index contributed by atoms with van der Waals surface area (Å²) in [4.78, 5) is 28.9. The first-order chi connectivity index (χ1) is 17.7. The first kappa shape index (κ1) is 27.9. The Kier molecular flexibility index (Phi) is 9.85. The molecule has 7 nitrogen and oxygen atoms in total. The molecule has 1 atom stereocenters. The van der Waals surface area contributed by atoms with Gasteiger partial charge in [-0.2, -0.15) is 0 Å². The molecule has 1 N–H and O–H groups in total. The van der Waals surface area contributed by atoms with Crippen LogP contribution in [-0.4, -0.2) is 50.5 Å². The monoisotopic (exact) mass is 521 g/mol. The Balaban J connectivity index is 2.03. The molecular weight excluding hydrogens is 486 g/mol. The number of nitrogens with zero attached hydrogens (tertiary/aromatic N) is 2. The summed E-state index contributed by atoms with van der Waals surface area (Å²) in [7, 11) is -3.76. The number of hydrogen-bond acceptors (Lipinski definition) is 4. The lowest BCUT2D eigenvalue weighted by atomic mass is 10.0. The minimum Gasteiger partial charge on any atom is -0.354 e. The van der Waals surface area contributed by atoms with E-state index < -0.39 is 28.5 Å². The quantitative estimate of drug-likeness (QED) is 0.391. The van der Waals surface area contributed by atoms with Crippen LogP contribution in [-0.2, 0) is 32.6 Å². The number of hydrogen-bond donors (Lipinski definition) is 1. The predicted molar refractivity (Wildman–Crippen MR) is 148 cm³/mol. The van der Waals surface area contributed by atoms with Crippen LogP contribution in [0.4, 0.5) is 5.69 Å². The second-order valence-corrected chi connectivity index (χ2v) is 11.0. The van der Waals surface area contributed by atoms with Gasteiger partial charge in [0.15, 0.2) is 0 Å². The molecule has 37 heavy (non-hydrogen) atoms. The first-order valence-corrected chi connectivity index (χ1v) is 14.2. The van der Waals surface area contributed by atoms with Crippen molar-refractivity contribution in [1.29, 1.82) is 0 Å². The van der Waals surface area contributed by atoms with Crippen molar-refractivity contribution >= 4 is 27.5 Å². The van der Waals surface area contributed by atoms with E-state index in [1.165, 1.54) is 4.90 Å². The predicted octanol–water partition coefficient (Wildman–Crippen LogP) is 3.93. The summed E-state index contributed by atoms with van der Waals surface area (Å²) in [6.07, 6.45) is 2.14. The van der Waals surface area contributed by atoms with Gasteiger partial charge in [-0.1, -0.05) is 79.7 Å². The molecule has 0 aliphatic carbocycles. The fourth-order valence-electron chi connectivity index (χ4n) is 4.10. The van der Waals surface area contributed by atoms with Crippen molar-refractivity contribution < 1.29 is 18.0 Å². The highest BCUT2D eigenvalue weighted by Crippen LogP contribution is 2.21. The molecule has 0 unspecified atom stereocenters. The topological polar surface area (TPSA) is 86.8 Å². The van der Waals surface area contributed by atoms with Crippen molar-refractivity contribution in [2.24, 2.45) is 0 Å². The molecule has 0 spiro atoms. The third-order valence-corrected chi connectivity index (χ3v) is 7.29. The van der Waals surface area contributed by atoms with E-state index in [1.807, 2.05) is 68.4 Å². The number of aryl methyl sites for hydroxylation is 1. The average molecular weight is 522 g/mol. The summed E-state index contributed by atoms with van der Waals surface area (Å²) in [5.74, 6) is -0.719. The molecule has 0 bridgehead atoms. The Morgan fingerprint density at radius 1 is 0.892 bits per heavy atom. The van der Waals surface area contributed by atoms with Gasteiger partial charge in [-0.3, -0.25) is 13.9 Å². The molecule has 0 fully saturated rings. The number of nitrogens with one attached hydrogen (secondary N) is 1. The maximum atomic E-state index is 13.9. The fourth-order valence-corrected chi connectivity index (χ4v) is 4.95. The zero-order valence-electron chi connectivity index (χ0n) is 21.6. The number of sulfonamides is 1. The van der Waals surface area contributed by atoms with Crippen LogP contribution < -0.4 is 9.62 Å². The van der Waals surface area contributed by atoms with E-state index >= 15 is 0 Å². The van der Waals surface area contributed by atoms with Crippen molar-refractivity contribution in [2.75, 3.05) is 23.7 Å². The van der Waals surface area contributed by atoms with Crippen LogP contribution in [0, 0.1) is 6.92 Å². The lowest BCUT2D eigenvalue weighted by Gasteiger charge is -2.33. The van der Waals surface area contributed by atoms with Crippen LogP contribution in [0.2, 0.25) is 0 Å². The second kappa shape index (κ2) is 13.1. The first-order valence-electron chi connectivity index (χ1n) is 12.4. The van der Waals surface area contributed by atoms with E-state index in [1.54, 1.807) is 30.3 Å². The van der Waals surface area contributed by atoms with Crippen LogP contribution in [0.3, 0.4) is 0 Å². The maximum Gasteiger partial charge on any atom is 0.244 e. The summed E-state index contributed by atoms with van der Waals surface area (Å²) in [5, 5.41) is 2.94. The number of carbonyl (C=O) groups is 2. The van der Waals surface area contributed by atoms with E-state index in [-0.39, 0.29) is 12.5 Å². The van der Waals surface area contributed by atoms with Gasteiger partial charge >= 0.3 is 0 Å². The Labute approximate surface area is 220 Å². The number of rotatable bonds is 12. The summed E-state index contributed by atoms with van der Waals surface area (Å²) >= 11 is 0. The minimum atomic E-state index is -3.76. The van der Waals surface area contributed by atoms with Gasteiger partial charge in [0.1, 0.15) is 12.6 Å². The summed E-state index contributed by atoms with van der Waals surface area (Å²) in [6, 6.07) is 24.9. The van der Waals surface area contributed by atoms with Crippen LogP contribution in [0.25, 0.3) is 0 Å². The molecule has 0 aromatic heterocycles. The zero-order valence-corrected chi connectivity index (χ0v) is 22.4. The molecule has 0 aliphatic heterocycles. The Morgan fingerprint density at radius 3 is 2.08 bits per heavy atom. The van der Waals surface area contributed by atoms with Crippen LogP contribution in [0.5, 0.6) is 0 Å². The fraction of sp³-hybridized carbons (Fsp3) is 0.310. The highest BCUT2D eigenvalue weighted by atomic mass is 32.2. The molecule has 0 heterocycles. The highest BCUT2D eigenvalue weighted by Gasteiger charge is 2.33. The molecule has 196 valence electrons. The Bertz CT molecular complexity index is 1280. The standard InChI is InChI=1S/C29H35N3O4S/c1-4-19-30-29(34)27(20-24-14-7-5-8-15-24)31(21-25-16-12-11-13-23(25)2)28(33)22-32(37(3,35)36)26-17-9-6-10-18-26/h5-18,27H,4,19-22H2,1-3H3,(H,30,34)/t27-/m1/s1. The minimum absolute atomic E-state index is 0.176. The van der Waals surface area contributed by atoms with Gasteiger partial charge in [0.05, 0.1) is 11.9 Å². The number of anilines is 1. The zero-order chi connectivity index (χ0) is 26.8. The largest absolute Gasteiger partial charge is 0.354 e. The van der Waals surface area contributed by atoms with E-state index in [4.69, 9.17) is 0 Å². The van der Waals surface area contributed by atoms with Gasteiger partial charge in [-0.15, -0.1) is 0 Å². The van der Waals surface area contributed by atoms with E-state index in [9.17, 15) is 18.0 Å². The average Bonchev–Trinajstić information content (AvgIpc) is 2.89. The number of benzene rings is 3.